The van der Waals surface area contributed by atoms with Gasteiger partial charge in [0.05, 0.1) is 0 Å². The molecule has 0 atom stereocenters. The molecule has 0 fully saturated rings. The zero-order valence-electron chi connectivity index (χ0n) is 5.28. The molecule has 0 aliphatic rings. The van der Waals surface area contributed by atoms with Crippen molar-refractivity contribution >= 4 is 29.2 Å². The molecule has 0 aliphatic carbocycles. The van der Waals surface area contributed by atoms with Crippen LogP contribution in [0.25, 0.3) is 0 Å². The maximum Gasteiger partial charge on any atom is 0.232 e. The Kier molecular flexibility index (Phi) is 2.70. The molecule has 0 bridgehead atoms. The number of thioether (sulfide) groups is 1. The molecule has 1 aromatic rings. The highest BCUT2D eigenvalue weighted by Crippen LogP contribution is 2.20. The monoisotopic (exact) mass is 173 g/mol. The Morgan fingerprint density at radius 3 is 3.10 bits per heavy atom. The lowest BCUT2D eigenvalue weighted by atomic mass is 10.8. The number of rotatable bonds is 3. The van der Waals surface area contributed by atoms with Crippen LogP contribution in [0.15, 0.2) is 17.0 Å². The summed E-state index contributed by atoms with van der Waals surface area (Å²) in [6.45, 7) is 3.59. The molecule has 0 aliphatic heterocycles. The molecule has 1 aromatic heterocycles. The Labute approximate surface area is 67.5 Å². The second kappa shape index (κ2) is 3.58. The molecular weight excluding hydrogens is 166 g/mol. The lowest BCUT2D eigenvalue weighted by molar-refractivity contribution is 1.23. The summed E-state index contributed by atoms with van der Waals surface area (Å²) in [6, 6.07) is 0. The highest BCUT2D eigenvalue weighted by molar-refractivity contribution is 8.01. The van der Waals surface area contributed by atoms with E-state index in [2.05, 4.69) is 15.9 Å². The number of hydrogen-bond donors (Lipinski definition) is 1. The van der Waals surface area contributed by atoms with Crippen LogP contribution >= 0.6 is 23.3 Å². The number of nitrogens with zero attached hydrogens (tertiary/aromatic N) is 2. The van der Waals surface area contributed by atoms with Gasteiger partial charge in [0.2, 0.25) is 5.95 Å². The summed E-state index contributed by atoms with van der Waals surface area (Å²) >= 11 is 2.91. The minimum Gasteiger partial charge on any atom is -0.367 e. The van der Waals surface area contributed by atoms with Gasteiger partial charge in [-0.1, -0.05) is 17.8 Å². The van der Waals surface area contributed by atoms with Crippen molar-refractivity contribution in [3.8, 4) is 0 Å². The maximum absolute atomic E-state index is 5.30. The molecule has 1 heterocycles. The third kappa shape index (κ3) is 2.00. The summed E-state index contributed by atoms with van der Waals surface area (Å²) in [6.07, 6.45) is 1.82. The highest BCUT2D eigenvalue weighted by atomic mass is 32.2. The molecule has 1 rings (SSSR count). The van der Waals surface area contributed by atoms with Crippen molar-refractivity contribution < 1.29 is 0 Å². The average molecular weight is 173 g/mol. The normalized spacial score (nSPS) is 9.60. The summed E-state index contributed by atoms with van der Waals surface area (Å²) in [7, 11) is 0. The van der Waals surface area contributed by atoms with Crippen LogP contribution in [-0.4, -0.2) is 15.1 Å². The van der Waals surface area contributed by atoms with Crippen molar-refractivity contribution in [2.75, 3.05) is 11.5 Å². The van der Waals surface area contributed by atoms with Gasteiger partial charge in [-0.3, -0.25) is 0 Å². The third-order valence-corrected chi connectivity index (χ3v) is 2.59. The quantitative estimate of drug-likeness (QED) is 0.554. The number of hydrogen-bond acceptors (Lipinski definition) is 5. The number of nitrogen functional groups attached to an aromatic ring is 1. The maximum atomic E-state index is 5.30. The zero-order chi connectivity index (χ0) is 7.40. The van der Waals surface area contributed by atoms with Gasteiger partial charge in [-0.15, -0.1) is 6.58 Å². The van der Waals surface area contributed by atoms with Crippen LogP contribution < -0.4 is 5.73 Å². The summed E-state index contributed by atoms with van der Waals surface area (Å²) in [4.78, 5) is 3.95. The molecule has 0 radical (unpaired) electrons. The SMILES string of the molecule is C=CCSc1nc(N)ns1. The molecule has 0 spiro atoms. The first-order valence-electron chi connectivity index (χ1n) is 2.66. The fourth-order valence-electron chi connectivity index (χ4n) is 0.409. The van der Waals surface area contributed by atoms with Crippen LogP contribution in [0.5, 0.6) is 0 Å². The van der Waals surface area contributed by atoms with Crippen LogP contribution in [0.1, 0.15) is 0 Å². The Morgan fingerprint density at radius 2 is 2.60 bits per heavy atom. The second-order valence-electron chi connectivity index (χ2n) is 1.52. The van der Waals surface area contributed by atoms with Crippen LogP contribution in [0, 0.1) is 0 Å². The third-order valence-electron chi connectivity index (χ3n) is 0.748. The predicted octanol–water partition coefficient (Wildman–Crippen LogP) is 1.40. The molecule has 2 N–H and O–H groups in total. The van der Waals surface area contributed by atoms with Crippen molar-refractivity contribution in [1.29, 1.82) is 0 Å². The van der Waals surface area contributed by atoms with Gasteiger partial charge in [-0.25, -0.2) is 0 Å². The van der Waals surface area contributed by atoms with E-state index in [1.165, 1.54) is 11.5 Å². The predicted molar refractivity (Wildman–Crippen MR) is 45.2 cm³/mol. The van der Waals surface area contributed by atoms with Gasteiger partial charge < -0.3 is 5.73 Å². The van der Waals surface area contributed by atoms with E-state index in [4.69, 9.17) is 5.73 Å². The molecule has 54 valence electrons. The molecule has 0 saturated heterocycles. The Bertz CT molecular complexity index is 220. The summed E-state index contributed by atoms with van der Waals surface area (Å²) in [5.74, 6) is 1.21. The van der Waals surface area contributed by atoms with Crippen molar-refractivity contribution in [2.45, 2.75) is 4.34 Å². The van der Waals surface area contributed by atoms with Crippen molar-refractivity contribution in [2.24, 2.45) is 0 Å². The van der Waals surface area contributed by atoms with Crippen LogP contribution in [0.2, 0.25) is 0 Å². The van der Waals surface area contributed by atoms with E-state index < -0.39 is 0 Å². The Morgan fingerprint density at radius 1 is 1.80 bits per heavy atom. The van der Waals surface area contributed by atoms with E-state index in [0.29, 0.717) is 5.95 Å². The number of anilines is 1. The van der Waals surface area contributed by atoms with Crippen molar-refractivity contribution in [1.82, 2.24) is 9.36 Å². The van der Waals surface area contributed by atoms with Crippen molar-refractivity contribution in [3.63, 3.8) is 0 Å². The van der Waals surface area contributed by atoms with Gasteiger partial charge in [0.1, 0.15) is 0 Å². The van der Waals surface area contributed by atoms with E-state index in [0.717, 1.165) is 10.1 Å². The number of nitrogens with two attached hydrogens (primary N) is 1. The molecule has 10 heavy (non-hydrogen) atoms. The molecule has 0 aromatic carbocycles. The topological polar surface area (TPSA) is 51.8 Å². The van der Waals surface area contributed by atoms with Crippen LogP contribution in [0.3, 0.4) is 0 Å². The fourth-order valence-corrected chi connectivity index (χ4v) is 1.70. The molecule has 3 nitrogen and oxygen atoms in total. The van der Waals surface area contributed by atoms with E-state index in [1.54, 1.807) is 11.8 Å². The van der Waals surface area contributed by atoms with Crippen molar-refractivity contribution in [3.05, 3.63) is 12.7 Å². The summed E-state index contributed by atoms with van der Waals surface area (Å²) in [5, 5.41) is 0. The Hall–Kier alpha value is -0.550. The summed E-state index contributed by atoms with van der Waals surface area (Å²) < 4.78 is 4.72. The first kappa shape index (κ1) is 7.56. The minimum absolute atomic E-state index is 0.358. The smallest absolute Gasteiger partial charge is 0.232 e. The lowest BCUT2D eigenvalue weighted by Gasteiger charge is -1.85. The first-order valence-corrected chi connectivity index (χ1v) is 4.41. The second-order valence-corrected chi connectivity index (χ2v) is 3.54. The van der Waals surface area contributed by atoms with E-state index in [-0.39, 0.29) is 0 Å². The molecule has 0 saturated carbocycles. The first-order chi connectivity index (χ1) is 4.83. The Balaban J connectivity index is 2.49. The zero-order valence-corrected chi connectivity index (χ0v) is 6.91. The highest BCUT2D eigenvalue weighted by Gasteiger charge is 1.97. The molecule has 0 amide bonds. The van der Waals surface area contributed by atoms with Gasteiger partial charge in [0.15, 0.2) is 4.34 Å². The van der Waals surface area contributed by atoms with Gasteiger partial charge in [0, 0.05) is 5.75 Å². The van der Waals surface area contributed by atoms with Gasteiger partial charge >= 0.3 is 0 Å². The molecular formula is C5H7N3S2. The average Bonchev–Trinajstić information content (AvgIpc) is 2.31. The largest absolute Gasteiger partial charge is 0.367 e. The van der Waals surface area contributed by atoms with Gasteiger partial charge in [-0.05, 0) is 11.5 Å². The van der Waals surface area contributed by atoms with Crippen LogP contribution in [0.4, 0.5) is 5.95 Å². The lowest BCUT2D eigenvalue weighted by Crippen LogP contribution is -1.84. The summed E-state index contributed by atoms with van der Waals surface area (Å²) in [5.41, 5.74) is 5.30. The van der Waals surface area contributed by atoms with E-state index >= 15 is 0 Å². The van der Waals surface area contributed by atoms with Gasteiger partial charge in [0.25, 0.3) is 0 Å². The standard InChI is InChI=1S/C5H7N3S2/c1-2-3-9-5-7-4(6)8-10-5/h2H,1,3H2,(H2,6,8). The van der Waals surface area contributed by atoms with E-state index in [1.807, 2.05) is 6.08 Å². The minimum atomic E-state index is 0.358. The number of aromatic nitrogens is 2. The van der Waals surface area contributed by atoms with Crippen LogP contribution in [-0.2, 0) is 0 Å². The van der Waals surface area contributed by atoms with Gasteiger partial charge in [-0.2, -0.15) is 9.36 Å². The van der Waals surface area contributed by atoms with E-state index in [9.17, 15) is 0 Å². The molecule has 5 heteroatoms. The molecule has 0 unspecified atom stereocenters. The fraction of sp³-hybridized carbons (Fsp3) is 0.200.